The quantitative estimate of drug-likeness (QED) is 0.343. The summed E-state index contributed by atoms with van der Waals surface area (Å²) in [7, 11) is -2.48. The number of nitrogens with one attached hydrogen (secondary N) is 1. The first kappa shape index (κ1) is 6.42. The van der Waals surface area contributed by atoms with Gasteiger partial charge in [0.05, 0.1) is 0 Å². The number of rotatable bonds is 3. The SMILES string of the molecule is O=[C]NC[SH](=O)=O. The van der Waals surface area contributed by atoms with Gasteiger partial charge in [0.25, 0.3) is 0 Å². The third-order valence-electron chi connectivity index (χ3n) is 0.280. The Morgan fingerprint density at radius 2 is 2.14 bits per heavy atom. The Hall–Kier alpha value is -0.580. The van der Waals surface area contributed by atoms with Crippen molar-refractivity contribution in [2.24, 2.45) is 0 Å². The second kappa shape index (κ2) is 3.60. The summed E-state index contributed by atoms with van der Waals surface area (Å²) in [6.07, 6.45) is 1.22. The summed E-state index contributed by atoms with van der Waals surface area (Å²) in [4.78, 5) is 9.21. The summed E-state index contributed by atoms with van der Waals surface area (Å²) in [6, 6.07) is 0. The molecule has 0 bridgehead atoms. The van der Waals surface area contributed by atoms with Crippen molar-refractivity contribution in [3.05, 3.63) is 0 Å². The van der Waals surface area contributed by atoms with Crippen LogP contribution in [-0.4, -0.2) is 20.7 Å². The molecule has 0 fully saturated rings. The van der Waals surface area contributed by atoms with Gasteiger partial charge in [-0.3, -0.25) is 4.79 Å². The molecule has 1 radical (unpaired) electrons. The number of carbonyl (C=O) groups excluding carboxylic acids is 1. The van der Waals surface area contributed by atoms with Crippen LogP contribution < -0.4 is 5.32 Å². The Bertz CT molecular complexity index is 110. The van der Waals surface area contributed by atoms with Crippen LogP contribution in [0.1, 0.15) is 0 Å². The van der Waals surface area contributed by atoms with E-state index in [0.717, 1.165) is 0 Å². The lowest BCUT2D eigenvalue weighted by Crippen LogP contribution is -2.12. The second-order valence-electron chi connectivity index (χ2n) is 0.770. The average molecular weight is 122 g/mol. The first-order valence-electron chi connectivity index (χ1n) is 1.49. The maximum Gasteiger partial charge on any atom is 0.310 e. The van der Waals surface area contributed by atoms with Crippen LogP contribution in [0.2, 0.25) is 0 Å². The molecule has 0 aromatic rings. The molecule has 0 aliphatic rings. The van der Waals surface area contributed by atoms with E-state index in [9.17, 15) is 13.2 Å². The van der Waals surface area contributed by atoms with Gasteiger partial charge in [0.15, 0.2) is 10.7 Å². The maximum absolute atomic E-state index is 9.55. The van der Waals surface area contributed by atoms with Crippen LogP contribution in [0.5, 0.6) is 0 Å². The molecule has 7 heavy (non-hydrogen) atoms. The Balaban J connectivity index is 3.14. The molecular formula is C2H4NO3S. The topological polar surface area (TPSA) is 63.2 Å². The van der Waals surface area contributed by atoms with Gasteiger partial charge in [0.1, 0.15) is 5.88 Å². The van der Waals surface area contributed by atoms with Crippen molar-refractivity contribution in [2.45, 2.75) is 0 Å². The van der Waals surface area contributed by atoms with Gasteiger partial charge in [-0.05, 0) is 0 Å². The van der Waals surface area contributed by atoms with E-state index >= 15 is 0 Å². The van der Waals surface area contributed by atoms with Crippen molar-refractivity contribution in [1.82, 2.24) is 5.32 Å². The standard InChI is InChI=1S/C2H4NO3S/c4-1-3-2-7(5)6/h7H,2H2,(H,3,4). The molecule has 0 saturated carbocycles. The average Bonchev–Trinajstić information content (AvgIpc) is 1.61. The molecule has 0 atom stereocenters. The van der Waals surface area contributed by atoms with Crippen LogP contribution in [0.15, 0.2) is 0 Å². The smallest absolute Gasteiger partial charge is 0.310 e. The molecule has 5 heteroatoms. The van der Waals surface area contributed by atoms with Crippen LogP contribution in [0.3, 0.4) is 0 Å². The maximum atomic E-state index is 9.55. The summed E-state index contributed by atoms with van der Waals surface area (Å²) in [5, 5.41) is 1.85. The lowest BCUT2D eigenvalue weighted by molar-refractivity contribution is 0.545. The van der Waals surface area contributed by atoms with Crippen LogP contribution in [0.25, 0.3) is 0 Å². The van der Waals surface area contributed by atoms with Gasteiger partial charge < -0.3 is 5.32 Å². The number of hydrogen-bond acceptors (Lipinski definition) is 3. The van der Waals surface area contributed by atoms with Crippen LogP contribution in [-0.2, 0) is 15.5 Å². The van der Waals surface area contributed by atoms with E-state index < -0.39 is 10.7 Å². The Labute approximate surface area is 42.5 Å². The van der Waals surface area contributed by atoms with E-state index in [1.807, 2.05) is 5.32 Å². The zero-order chi connectivity index (χ0) is 5.70. The third kappa shape index (κ3) is 5.42. The highest BCUT2D eigenvalue weighted by atomic mass is 32.2. The van der Waals surface area contributed by atoms with E-state index in [2.05, 4.69) is 0 Å². The van der Waals surface area contributed by atoms with E-state index in [4.69, 9.17) is 0 Å². The van der Waals surface area contributed by atoms with Crippen molar-refractivity contribution < 1.29 is 13.2 Å². The lowest BCUT2D eigenvalue weighted by Gasteiger charge is -1.78. The number of thiol groups is 1. The summed E-state index contributed by atoms with van der Waals surface area (Å²) in [5.41, 5.74) is 0. The molecule has 0 aliphatic carbocycles. The Kier molecular flexibility index (Phi) is 3.31. The fourth-order valence-electron chi connectivity index (χ4n) is 0.0968. The second-order valence-corrected chi connectivity index (χ2v) is 1.75. The van der Waals surface area contributed by atoms with Gasteiger partial charge in [-0.25, -0.2) is 8.42 Å². The van der Waals surface area contributed by atoms with Crippen molar-refractivity contribution in [3.8, 4) is 0 Å². The summed E-state index contributed by atoms with van der Waals surface area (Å²) in [5.74, 6) is -0.321. The zero-order valence-corrected chi connectivity index (χ0v) is 4.27. The van der Waals surface area contributed by atoms with Gasteiger partial charge >= 0.3 is 6.41 Å². The van der Waals surface area contributed by atoms with Gasteiger partial charge in [-0.15, -0.1) is 0 Å². The number of hydrogen-bond donors (Lipinski definition) is 2. The van der Waals surface area contributed by atoms with Crippen molar-refractivity contribution in [2.75, 3.05) is 5.88 Å². The minimum Gasteiger partial charge on any atom is -0.334 e. The van der Waals surface area contributed by atoms with E-state index in [0.29, 0.717) is 0 Å². The first-order chi connectivity index (χ1) is 3.27. The molecule has 0 unspecified atom stereocenters. The van der Waals surface area contributed by atoms with Crippen LogP contribution in [0, 0.1) is 0 Å². The fraction of sp³-hybridized carbons (Fsp3) is 0.500. The van der Waals surface area contributed by atoms with Gasteiger partial charge in [0, 0.05) is 0 Å². The van der Waals surface area contributed by atoms with Gasteiger partial charge in [-0.2, -0.15) is 0 Å². The molecule has 4 nitrogen and oxygen atoms in total. The minimum atomic E-state index is -2.48. The largest absolute Gasteiger partial charge is 0.334 e. The van der Waals surface area contributed by atoms with Gasteiger partial charge in [-0.1, -0.05) is 0 Å². The number of amides is 1. The Morgan fingerprint density at radius 1 is 1.57 bits per heavy atom. The molecule has 0 aromatic heterocycles. The highest BCUT2D eigenvalue weighted by Crippen LogP contribution is 1.50. The molecule has 41 valence electrons. The van der Waals surface area contributed by atoms with Gasteiger partial charge in [0.2, 0.25) is 0 Å². The molecule has 1 amide bonds. The summed E-state index contributed by atoms with van der Waals surface area (Å²) >= 11 is 0. The minimum absolute atomic E-state index is 0.321. The molecule has 1 N–H and O–H groups in total. The zero-order valence-electron chi connectivity index (χ0n) is 3.38. The molecule has 0 heterocycles. The molecular weight excluding hydrogens is 118 g/mol. The normalized spacial score (nSPS) is 8.71. The van der Waals surface area contributed by atoms with E-state index in [1.165, 1.54) is 6.41 Å². The highest BCUT2D eigenvalue weighted by Gasteiger charge is 1.78. The van der Waals surface area contributed by atoms with Crippen molar-refractivity contribution in [1.29, 1.82) is 0 Å². The Morgan fingerprint density at radius 3 is 2.29 bits per heavy atom. The highest BCUT2D eigenvalue weighted by molar-refractivity contribution is 7.72. The third-order valence-corrected chi connectivity index (χ3v) is 0.697. The molecule has 0 rings (SSSR count). The predicted molar refractivity (Wildman–Crippen MR) is 24.0 cm³/mol. The van der Waals surface area contributed by atoms with Crippen molar-refractivity contribution in [3.63, 3.8) is 0 Å². The van der Waals surface area contributed by atoms with Crippen molar-refractivity contribution >= 4 is 17.1 Å². The van der Waals surface area contributed by atoms with E-state index in [1.54, 1.807) is 0 Å². The molecule has 0 saturated heterocycles. The lowest BCUT2D eigenvalue weighted by atomic mass is 11.2. The first-order valence-corrected chi connectivity index (χ1v) is 2.85. The van der Waals surface area contributed by atoms with Crippen LogP contribution in [0.4, 0.5) is 0 Å². The predicted octanol–water partition coefficient (Wildman–Crippen LogP) is -1.79. The van der Waals surface area contributed by atoms with E-state index in [-0.39, 0.29) is 5.88 Å². The monoisotopic (exact) mass is 122 g/mol. The molecule has 0 aromatic carbocycles. The summed E-state index contributed by atoms with van der Waals surface area (Å²) < 4.78 is 19.1. The fourth-order valence-corrected chi connectivity index (χ4v) is 0.290. The molecule has 0 spiro atoms. The molecule has 0 aliphatic heterocycles. The van der Waals surface area contributed by atoms with Crippen LogP contribution >= 0.6 is 0 Å². The summed E-state index contributed by atoms with van der Waals surface area (Å²) in [6.45, 7) is 0.